The van der Waals surface area contributed by atoms with Gasteiger partial charge in [0.15, 0.2) is 5.65 Å². The molecule has 2 aromatic heterocycles. The van der Waals surface area contributed by atoms with Crippen LogP contribution in [0.1, 0.15) is 30.3 Å². The van der Waals surface area contributed by atoms with Gasteiger partial charge in [0.05, 0.1) is 19.6 Å². The average Bonchev–Trinajstić information content (AvgIpc) is 3.17. The number of ether oxygens (including phenoxy) is 1. The van der Waals surface area contributed by atoms with Gasteiger partial charge in [0.2, 0.25) is 0 Å². The third-order valence-corrected chi connectivity index (χ3v) is 5.89. The molecule has 9 heteroatoms. The molecule has 0 radical (unpaired) electrons. The van der Waals surface area contributed by atoms with Gasteiger partial charge >= 0.3 is 12.0 Å². The second kappa shape index (κ2) is 10.6. The van der Waals surface area contributed by atoms with Crippen molar-refractivity contribution >= 4 is 23.2 Å². The summed E-state index contributed by atoms with van der Waals surface area (Å²) < 4.78 is 7.04. The van der Waals surface area contributed by atoms with Crippen LogP contribution in [-0.2, 0) is 16.1 Å². The molecule has 3 heterocycles. The Kier molecular flexibility index (Phi) is 7.42. The molecule has 1 aliphatic heterocycles. The predicted molar refractivity (Wildman–Crippen MR) is 130 cm³/mol. The number of pyridine rings is 1. The molecule has 0 saturated carbocycles. The van der Waals surface area contributed by atoms with Gasteiger partial charge in [0, 0.05) is 44.6 Å². The number of aryl methyl sites for hydroxylation is 2. The van der Waals surface area contributed by atoms with Crippen LogP contribution in [0.15, 0.2) is 36.5 Å². The molecule has 9 nitrogen and oxygen atoms in total. The minimum absolute atomic E-state index is 0.143. The molecule has 1 aromatic carbocycles. The summed E-state index contributed by atoms with van der Waals surface area (Å²) in [5, 5.41) is 2.81. The lowest BCUT2D eigenvalue weighted by atomic mass is 10.1. The molecule has 2 amide bonds. The van der Waals surface area contributed by atoms with Gasteiger partial charge in [-0.15, -0.1) is 0 Å². The fraction of sp³-hybridized carbons (Fsp3) is 0.440. The quantitative estimate of drug-likeness (QED) is 0.541. The number of imidazole rings is 1. The molecule has 34 heavy (non-hydrogen) atoms. The fourth-order valence-electron chi connectivity index (χ4n) is 4.34. The van der Waals surface area contributed by atoms with E-state index in [2.05, 4.69) is 51.8 Å². The van der Waals surface area contributed by atoms with Crippen LogP contribution in [0.4, 0.5) is 4.79 Å². The lowest BCUT2D eigenvalue weighted by molar-refractivity contribution is -0.142. The Hall–Kier alpha value is -3.46. The fourth-order valence-corrected chi connectivity index (χ4v) is 4.34. The zero-order valence-corrected chi connectivity index (χ0v) is 20.1. The molecular formula is C25H32N6O3. The van der Waals surface area contributed by atoms with E-state index in [0.717, 1.165) is 35.8 Å². The smallest absolute Gasteiger partial charge is 0.317 e. The monoisotopic (exact) mass is 464 g/mol. The van der Waals surface area contributed by atoms with Gasteiger partial charge in [0.1, 0.15) is 11.3 Å². The van der Waals surface area contributed by atoms with Gasteiger partial charge in [-0.05, 0) is 56.2 Å². The van der Waals surface area contributed by atoms with Gasteiger partial charge in [-0.25, -0.2) is 14.8 Å². The number of aromatic nitrogens is 3. The number of hydrogen-bond acceptors (Lipinski definition) is 6. The summed E-state index contributed by atoms with van der Waals surface area (Å²) in [6.07, 6.45) is 1.98. The van der Waals surface area contributed by atoms with Crippen molar-refractivity contribution in [2.75, 3.05) is 39.3 Å². The standard InChI is InChI=1S/C25H32N6O3/c1-4-34-23(32)7-9-27-25(33)30-12-10-29(11-13-30)17-22-28-21-6-5-8-26-24(21)31(22)20-15-18(2)14-19(3)16-20/h5-6,8,14-16H,4,7,9-13,17H2,1-3H3,(H,27,33). The predicted octanol–water partition coefficient (Wildman–Crippen LogP) is 2.82. The molecular weight excluding hydrogens is 432 g/mol. The van der Waals surface area contributed by atoms with E-state index >= 15 is 0 Å². The van der Waals surface area contributed by atoms with Crippen LogP contribution in [0.5, 0.6) is 0 Å². The molecule has 0 aliphatic carbocycles. The highest BCUT2D eigenvalue weighted by molar-refractivity contribution is 5.76. The largest absolute Gasteiger partial charge is 0.466 e. The van der Waals surface area contributed by atoms with E-state index in [4.69, 9.17) is 9.72 Å². The van der Waals surface area contributed by atoms with E-state index < -0.39 is 0 Å². The number of carbonyl (C=O) groups is 2. The summed E-state index contributed by atoms with van der Waals surface area (Å²) in [6.45, 7) is 9.99. The third kappa shape index (κ3) is 5.53. The number of fused-ring (bicyclic) bond motifs is 1. The number of hydrogen-bond donors (Lipinski definition) is 1. The molecule has 0 spiro atoms. The molecule has 0 bridgehead atoms. The van der Waals surface area contributed by atoms with Crippen molar-refractivity contribution in [1.29, 1.82) is 0 Å². The number of carbonyl (C=O) groups excluding carboxylic acids is 2. The Morgan fingerprint density at radius 3 is 2.53 bits per heavy atom. The number of nitrogens with zero attached hydrogens (tertiary/aromatic N) is 5. The number of rotatable bonds is 7. The first-order valence-electron chi connectivity index (χ1n) is 11.8. The van der Waals surface area contributed by atoms with Crippen LogP contribution < -0.4 is 5.32 Å². The number of benzene rings is 1. The number of nitrogens with one attached hydrogen (secondary N) is 1. The Bertz CT molecular complexity index is 1150. The SMILES string of the molecule is CCOC(=O)CCNC(=O)N1CCN(Cc2nc3cccnc3n2-c2cc(C)cc(C)c2)CC1. The van der Waals surface area contributed by atoms with Crippen LogP contribution in [-0.4, -0.2) is 75.7 Å². The van der Waals surface area contributed by atoms with Crippen LogP contribution in [0.2, 0.25) is 0 Å². The molecule has 0 unspecified atom stereocenters. The van der Waals surface area contributed by atoms with Crippen molar-refractivity contribution in [3.63, 3.8) is 0 Å². The molecule has 180 valence electrons. The summed E-state index contributed by atoms with van der Waals surface area (Å²) >= 11 is 0. The summed E-state index contributed by atoms with van der Waals surface area (Å²) in [5.74, 6) is 0.639. The molecule has 4 rings (SSSR count). The van der Waals surface area contributed by atoms with E-state index in [9.17, 15) is 9.59 Å². The zero-order valence-electron chi connectivity index (χ0n) is 20.1. The zero-order chi connectivity index (χ0) is 24.1. The van der Waals surface area contributed by atoms with E-state index in [1.165, 1.54) is 11.1 Å². The van der Waals surface area contributed by atoms with Crippen LogP contribution >= 0.6 is 0 Å². The number of piperazine rings is 1. The van der Waals surface area contributed by atoms with Gasteiger partial charge in [-0.3, -0.25) is 14.3 Å². The Morgan fingerprint density at radius 1 is 1.09 bits per heavy atom. The average molecular weight is 465 g/mol. The first-order valence-corrected chi connectivity index (χ1v) is 11.8. The van der Waals surface area contributed by atoms with Crippen molar-refractivity contribution < 1.29 is 14.3 Å². The highest BCUT2D eigenvalue weighted by Gasteiger charge is 2.23. The lowest BCUT2D eigenvalue weighted by Crippen LogP contribution is -2.51. The van der Waals surface area contributed by atoms with Crippen LogP contribution in [0.25, 0.3) is 16.9 Å². The Balaban J connectivity index is 1.41. The summed E-state index contributed by atoms with van der Waals surface area (Å²) in [7, 11) is 0. The van der Waals surface area contributed by atoms with Gasteiger partial charge in [-0.2, -0.15) is 0 Å². The molecule has 0 atom stereocenters. The summed E-state index contributed by atoms with van der Waals surface area (Å²) in [6, 6.07) is 10.2. The van der Waals surface area contributed by atoms with E-state index in [1.54, 1.807) is 18.0 Å². The summed E-state index contributed by atoms with van der Waals surface area (Å²) in [4.78, 5) is 37.5. The lowest BCUT2D eigenvalue weighted by Gasteiger charge is -2.34. The first kappa shape index (κ1) is 23.7. The third-order valence-electron chi connectivity index (χ3n) is 5.89. The summed E-state index contributed by atoms with van der Waals surface area (Å²) in [5.41, 5.74) is 5.18. The maximum Gasteiger partial charge on any atom is 0.317 e. The van der Waals surface area contributed by atoms with Crippen molar-refractivity contribution in [2.24, 2.45) is 0 Å². The second-order valence-corrected chi connectivity index (χ2v) is 8.61. The highest BCUT2D eigenvalue weighted by atomic mass is 16.5. The first-order chi connectivity index (χ1) is 16.4. The molecule has 1 aliphatic rings. The minimum atomic E-state index is -0.297. The molecule has 1 saturated heterocycles. The van der Waals surface area contributed by atoms with Gasteiger partial charge in [-0.1, -0.05) is 6.07 Å². The maximum absolute atomic E-state index is 12.4. The van der Waals surface area contributed by atoms with Crippen molar-refractivity contribution in [3.8, 4) is 5.69 Å². The van der Waals surface area contributed by atoms with Gasteiger partial charge < -0.3 is 15.0 Å². The number of amides is 2. The van der Waals surface area contributed by atoms with E-state index in [-0.39, 0.29) is 25.0 Å². The van der Waals surface area contributed by atoms with E-state index in [1.807, 2.05) is 12.1 Å². The van der Waals surface area contributed by atoms with Gasteiger partial charge in [0.25, 0.3) is 0 Å². The Morgan fingerprint density at radius 2 is 1.82 bits per heavy atom. The maximum atomic E-state index is 12.4. The second-order valence-electron chi connectivity index (χ2n) is 8.61. The molecule has 1 N–H and O–H groups in total. The van der Waals surface area contributed by atoms with Crippen molar-refractivity contribution in [3.05, 3.63) is 53.5 Å². The van der Waals surface area contributed by atoms with Crippen molar-refractivity contribution in [1.82, 2.24) is 29.7 Å². The minimum Gasteiger partial charge on any atom is -0.466 e. The normalized spacial score (nSPS) is 14.4. The number of urea groups is 1. The van der Waals surface area contributed by atoms with Crippen LogP contribution in [0.3, 0.4) is 0 Å². The number of esters is 1. The molecule has 3 aromatic rings. The molecule has 1 fully saturated rings. The van der Waals surface area contributed by atoms with E-state index in [0.29, 0.717) is 26.2 Å². The topological polar surface area (TPSA) is 92.6 Å². The Labute approximate surface area is 199 Å². The van der Waals surface area contributed by atoms with Crippen molar-refractivity contribution in [2.45, 2.75) is 33.7 Å². The highest BCUT2D eigenvalue weighted by Crippen LogP contribution is 2.23. The van der Waals surface area contributed by atoms with Crippen LogP contribution in [0, 0.1) is 13.8 Å².